The Hall–Kier alpha value is -2.18. The van der Waals surface area contributed by atoms with Crippen LogP contribution in [0.3, 0.4) is 0 Å². The highest BCUT2D eigenvalue weighted by atomic mass is 19.3. The van der Waals surface area contributed by atoms with Crippen molar-refractivity contribution in [1.29, 1.82) is 0 Å². The molecule has 4 saturated carbocycles. The lowest BCUT2D eigenvalue weighted by Gasteiger charge is -2.60. The highest BCUT2D eigenvalue weighted by Crippen LogP contribution is 2.60. The highest BCUT2D eigenvalue weighted by Gasteiger charge is 2.58. The van der Waals surface area contributed by atoms with Crippen molar-refractivity contribution < 1.29 is 33.0 Å². The van der Waals surface area contributed by atoms with Crippen LogP contribution in [0.25, 0.3) is 0 Å². The predicted molar refractivity (Wildman–Crippen MR) is 111 cm³/mol. The van der Waals surface area contributed by atoms with Crippen LogP contribution in [0.4, 0.5) is 8.78 Å². The first-order valence-corrected chi connectivity index (χ1v) is 11.7. The first-order valence-electron chi connectivity index (χ1n) is 11.7. The summed E-state index contributed by atoms with van der Waals surface area (Å²) in [6, 6.07) is 6.29. The molecule has 4 aliphatic rings. The number of aliphatic carboxylic acids is 1. The van der Waals surface area contributed by atoms with E-state index in [0.29, 0.717) is 17.6 Å². The lowest BCUT2D eigenvalue weighted by atomic mass is 9.49. The number of benzene rings is 1. The fourth-order valence-corrected chi connectivity index (χ4v) is 6.60. The summed E-state index contributed by atoms with van der Waals surface area (Å²) in [5.74, 6) is -5.35. The standard InChI is InChI=1S/C25H32F2O5/c1-4-24(18-10-15-9-16(12-18)13-19(24)11-15)32-20-7-5-17(6-8-20)22(28)31-21(14(2)3)25(26,27)23(29)30/h5-8,14-16,18-19,21H,4,9-13H2,1-3H3,(H,29,30)/p-1. The van der Waals surface area contributed by atoms with Gasteiger partial charge < -0.3 is 19.4 Å². The number of carbonyl (C=O) groups is 2. The summed E-state index contributed by atoms with van der Waals surface area (Å²) in [6.07, 6.45) is 5.04. The van der Waals surface area contributed by atoms with E-state index in [4.69, 9.17) is 9.47 Å². The van der Waals surface area contributed by atoms with Gasteiger partial charge in [-0.15, -0.1) is 0 Å². The van der Waals surface area contributed by atoms with Gasteiger partial charge in [0.25, 0.3) is 0 Å². The van der Waals surface area contributed by atoms with E-state index in [2.05, 4.69) is 6.92 Å². The zero-order chi connectivity index (χ0) is 23.3. The van der Waals surface area contributed by atoms with Crippen LogP contribution in [-0.4, -0.2) is 29.6 Å². The molecule has 4 aliphatic carbocycles. The number of carboxylic acids is 1. The molecule has 0 N–H and O–H groups in total. The molecule has 1 atom stereocenters. The van der Waals surface area contributed by atoms with E-state index in [0.717, 1.165) is 18.3 Å². The maximum Gasteiger partial charge on any atom is 0.338 e. The Labute approximate surface area is 187 Å². The third-order valence-corrected chi connectivity index (χ3v) is 7.94. The molecule has 0 saturated heterocycles. The monoisotopic (exact) mass is 449 g/mol. The molecule has 0 aromatic heterocycles. The molecule has 5 nitrogen and oxygen atoms in total. The van der Waals surface area contributed by atoms with Crippen LogP contribution in [-0.2, 0) is 9.53 Å². The van der Waals surface area contributed by atoms with Crippen LogP contribution in [0.2, 0.25) is 0 Å². The number of hydrogen-bond acceptors (Lipinski definition) is 5. The maximum atomic E-state index is 13.9. The van der Waals surface area contributed by atoms with Crippen LogP contribution in [0, 0.1) is 29.6 Å². The number of halogens is 2. The van der Waals surface area contributed by atoms with Gasteiger partial charge in [-0.2, -0.15) is 8.78 Å². The average Bonchev–Trinajstić information content (AvgIpc) is 2.74. The number of alkyl halides is 2. The third-order valence-electron chi connectivity index (χ3n) is 7.94. The Bertz CT molecular complexity index is 836. The molecule has 1 aromatic carbocycles. The molecule has 4 fully saturated rings. The van der Waals surface area contributed by atoms with Crippen molar-refractivity contribution in [3.63, 3.8) is 0 Å². The van der Waals surface area contributed by atoms with Crippen LogP contribution >= 0.6 is 0 Å². The Morgan fingerprint density at radius 2 is 1.59 bits per heavy atom. The zero-order valence-electron chi connectivity index (χ0n) is 18.8. The smallest absolute Gasteiger partial charge is 0.338 e. The van der Waals surface area contributed by atoms with Gasteiger partial charge >= 0.3 is 11.9 Å². The van der Waals surface area contributed by atoms with Gasteiger partial charge in [-0.25, -0.2) is 4.79 Å². The fourth-order valence-electron chi connectivity index (χ4n) is 6.60. The Balaban J connectivity index is 1.47. The van der Waals surface area contributed by atoms with Crippen LogP contribution in [0.5, 0.6) is 5.75 Å². The van der Waals surface area contributed by atoms with Crippen LogP contribution in [0.15, 0.2) is 24.3 Å². The first-order chi connectivity index (χ1) is 15.1. The van der Waals surface area contributed by atoms with E-state index >= 15 is 0 Å². The van der Waals surface area contributed by atoms with Crippen LogP contribution < -0.4 is 9.84 Å². The first kappa shape index (κ1) is 23.0. The molecular weight excluding hydrogens is 418 g/mol. The minimum absolute atomic E-state index is 0.0628. The number of rotatable bonds is 8. The van der Waals surface area contributed by atoms with Crippen molar-refractivity contribution in [2.45, 2.75) is 76.9 Å². The second-order valence-electron chi connectivity index (χ2n) is 10.2. The molecule has 176 valence electrons. The Morgan fingerprint density at radius 1 is 1.06 bits per heavy atom. The van der Waals surface area contributed by atoms with Gasteiger partial charge in [0.2, 0.25) is 0 Å². The summed E-state index contributed by atoms with van der Waals surface area (Å²) in [5.41, 5.74) is -0.123. The van der Waals surface area contributed by atoms with Crippen molar-refractivity contribution in [1.82, 2.24) is 0 Å². The summed E-state index contributed by atoms with van der Waals surface area (Å²) in [7, 11) is 0. The summed E-state index contributed by atoms with van der Waals surface area (Å²) in [4.78, 5) is 23.3. The van der Waals surface area contributed by atoms with E-state index in [-0.39, 0.29) is 11.2 Å². The minimum Gasteiger partial charge on any atom is -0.544 e. The minimum atomic E-state index is -4.28. The number of carboxylic acid groups (broad SMARTS) is 1. The van der Waals surface area contributed by atoms with Gasteiger partial charge in [0.15, 0.2) is 6.10 Å². The van der Waals surface area contributed by atoms with Crippen molar-refractivity contribution in [3.8, 4) is 5.75 Å². The Morgan fingerprint density at radius 3 is 2.03 bits per heavy atom. The molecule has 0 radical (unpaired) electrons. The lowest BCUT2D eigenvalue weighted by Crippen LogP contribution is -2.60. The van der Waals surface area contributed by atoms with Gasteiger partial charge in [-0.3, -0.25) is 0 Å². The predicted octanol–water partition coefficient (Wildman–Crippen LogP) is 4.24. The van der Waals surface area contributed by atoms with Gasteiger partial charge in [-0.1, -0.05) is 20.8 Å². The van der Waals surface area contributed by atoms with Crippen molar-refractivity contribution in [2.75, 3.05) is 0 Å². The van der Waals surface area contributed by atoms with Crippen molar-refractivity contribution in [2.24, 2.45) is 29.6 Å². The molecule has 7 heteroatoms. The molecule has 4 bridgehead atoms. The van der Waals surface area contributed by atoms with E-state index in [9.17, 15) is 23.5 Å². The normalized spacial score (nSPS) is 32.1. The van der Waals surface area contributed by atoms with Crippen LogP contribution in [0.1, 0.15) is 69.7 Å². The summed E-state index contributed by atoms with van der Waals surface area (Å²) < 4.78 is 39.3. The highest BCUT2D eigenvalue weighted by molar-refractivity contribution is 5.90. The van der Waals surface area contributed by atoms with Gasteiger partial charge in [0.1, 0.15) is 17.3 Å². The number of ether oxygens (including phenoxy) is 2. The van der Waals surface area contributed by atoms with E-state index in [1.54, 1.807) is 12.1 Å². The second-order valence-corrected chi connectivity index (χ2v) is 10.2. The third kappa shape index (κ3) is 3.88. The summed E-state index contributed by atoms with van der Waals surface area (Å²) >= 11 is 0. The molecule has 1 aromatic rings. The quantitative estimate of drug-likeness (QED) is 0.555. The molecule has 1 unspecified atom stereocenters. The SMILES string of the molecule is CCC1(Oc2ccc(C(=O)OC(C(C)C)C(F)(F)C(=O)[O-])cc2)C2CC3CC(C2)CC1C3. The second kappa shape index (κ2) is 8.31. The van der Waals surface area contributed by atoms with Gasteiger partial charge in [-0.05, 0) is 92.4 Å². The number of hydrogen-bond donors (Lipinski definition) is 0. The van der Waals surface area contributed by atoms with E-state index in [1.165, 1.54) is 58.1 Å². The summed E-state index contributed by atoms with van der Waals surface area (Å²) in [5, 5.41) is 10.8. The Kier molecular flexibility index (Phi) is 5.97. The molecular formula is C25H31F2O5-. The summed E-state index contributed by atoms with van der Waals surface area (Å²) in [6.45, 7) is 4.90. The van der Waals surface area contributed by atoms with E-state index < -0.39 is 29.9 Å². The molecule has 5 rings (SSSR count). The zero-order valence-corrected chi connectivity index (χ0v) is 18.8. The van der Waals surface area contributed by atoms with Crippen molar-refractivity contribution in [3.05, 3.63) is 29.8 Å². The average molecular weight is 450 g/mol. The van der Waals surface area contributed by atoms with Gasteiger partial charge in [0.05, 0.1) is 5.56 Å². The number of carbonyl (C=O) groups excluding carboxylic acids is 2. The lowest BCUT2D eigenvalue weighted by molar-refractivity contribution is -0.337. The van der Waals surface area contributed by atoms with Crippen molar-refractivity contribution >= 4 is 11.9 Å². The molecule has 0 amide bonds. The molecule has 0 aliphatic heterocycles. The van der Waals surface area contributed by atoms with Gasteiger partial charge in [0, 0.05) is 0 Å². The molecule has 32 heavy (non-hydrogen) atoms. The fraction of sp³-hybridized carbons (Fsp3) is 0.680. The topological polar surface area (TPSA) is 75.7 Å². The maximum absolute atomic E-state index is 13.9. The largest absolute Gasteiger partial charge is 0.544 e. The molecule has 0 spiro atoms. The van der Waals surface area contributed by atoms with E-state index in [1.807, 2.05) is 0 Å². The molecule has 0 heterocycles. The number of esters is 1.